The van der Waals surface area contributed by atoms with Crippen LogP contribution in [-0.2, 0) is 11.2 Å². The standard InChI is InChI=1S/C18H14FNO2/c1-20-16-4-2-3-14(11-16)18(22)12-17(21)10-7-13-5-8-15(19)9-6-13/h2-6,8-9,11-12,22H,7,10H2/b18-12-. The fraction of sp³-hybridized carbons (Fsp3) is 0.111. The van der Waals surface area contributed by atoms with Gasteiger partial charge in [0.2, 0.25) is 0 Å². The molecule has 0 saturated heterocycles. The van der Waals surface area contributed by atoms with Crippen LogP contribution in [0.2, 0.25) is 0 Å². The average molecular weight is 295 g/mol. The number of allylic oxidation sites excluding steroid dienone is 1. The summed E-state index contributed by atoms with van der Waals surface area (Å²) < 4.78 is 12.8. The van der Waals surface area contributed by atoms with E-state index in [-0.39, 0.29) is 23.8 Å². The molecule has 0 amide bonds. The third-order valence-electron chi connectivity index (χ3n) is 3.14. The monoisotopic (exact) mass is 295 g/mol. The van der Waals surface area contributed by atoms with E-state index in [4.69, 9.17) is 6.57 Å². The maximum absolute atomic E-state index is 12.8. The SMILES string of the molecule is [C-]#[N+]c1cccc(/C(O)=C/C(=O)CCc2ccc(F)cc2)c1. The van der Waals surface area contributed by atoms with E-state index in [9.17, 15) is 14.3 Å². The quantitative estimate of drug-likeness (QED) is 0.502. The van der Waals surface area contributed by atoms with Crippen molar-refractivity contribution in [3.8, 4) is 0 Å². The van der Waals surface area contributed by atoms with Gasteiger partial charge in [-0.25, -0.2) is 9.24 Å². The van der Waals surface area contributed by atoms with Crippen LogP contribution in [0.25, 0.3) is 10.6 Å². The second-order valence-corrected chi connectivity index (χ2v) is 4.78. The van der Waals surface area contributed by atoms with Crippen LogP contribution in [-0.4, -0.2) is 10.9 Å². The smallest absolute Gasteiger partial charge is 0.187 e. The van der Waals surface area contributed by atoms with Crippen molar-refractivity contribution in [2.45, 2.75) is 12.8 Å². The van der Waals surface area contributed by atoms with Gasteiger partial charge in [-0.3, -0.25) is 4.79 Å². The number of nitrogens with zero attached hydrogens (tertiary/aromatic N) is 1. The minimum Gasteiger partial charge on any atom is -0.507 e. The predicted octanol–water partition coefficient (Wildman–Crippen LogP) is 4.48. The maximum Gasteiger partial charge on any atom is 0.187 e. The Morgan fingerprint density at radius 3 is 2.64 bits per heavy atom. The molecule has 2 aromatic carbocycles. The highest BCUT2D eigenvalue weighted by Gasteiger charge is 2.05. The number of hydrogen-bond acceptors (Lipinski definition) is 2. The Bertz CT molecular complexity index is 742. The third kappa shape index (κ3) is 4.29. The average Bonchev–Trinajstić information content (AvgIpc) is 2.54. The van der Waals surface area contributed by atoms with Crippen LogP contribution in [0.15, 0.2) is 54.6 Å². The molecular formula is C18H14FNO2. The van der Waals surface area contributed by atoms with E-state index in [2.05, 4.69) is 4.85 Å². The van der Waals surface area contributed by atoms with E-state index in [0.29, 0.717) is 17.7 Å². The Morgan fingerprint density at radius 2 is 1.95 bits per heavy atom. The van der Waals surface area contributed by atoms with Gasteiger partial charge in [0, 0.05) is 18.1 Å². The minimum absolute atomic E-state index is 0.158. The molecule has 0 heterocycles. The van der Waals surface area contributed by atoms with Gasteiger partial charge in [0.1, 0.15) is 11.6 Å². The zero-order valence-electron chi connectivity index (χ0n) is 11.8. The molecule has 0 unspecified atom stereocenters. The van der Waals surface area contributed by atoms with Gasteiger partial charge in [0.15, 0.2) is 11.5 Å². The predicted molar refractivity (Wildman–Crippen MR) is 83.0 cm³/mol. The van der Waals surface area contributed by atoms with Crippen LogP contribution in [0.4, 0.5) is 10.1 Å². The molecule has 1 N–H and O–H groups in total. The Morgan fingerprint density at radius 1 is 1.23 bits per heavy atom. The molecule has 110 valence electrons. The van der Waals surface area contributed by atoms with Gasteiger partial charge >= 0.3 is 0 Å². The summed E-state index contributed by atoms with van der Waals surface area (Å²) in [7, 11) is 0. The Hall–Kier alpha value is -2.93. The number of ketones is 1. The molecule has 22 heavy (non-hydrogen) atoms. The third-order valence-corrected chi connectivity index (χ3v) is 3.14. The van der Waals surface area contributed by atoms with Crippen LogP contribution in [0.3, 0.4) is 0 Å². The number of aliphatic hydroxyl groups excluding tert-OH is 1. The highest BCUT2D eigenvalue weighted by atomic mass is 19.1. The molecule has 0 fully saturated rings. The van der Waals surface area contributed by atoms with Gasteiger partial charge in [-0.2, -0.15) is 0 Å². The topological polar surface area (TPSA) is 41.7 Å². The first kappa shape index (κ1) is 15.5. The minimum atomic E-state index is -0.313. The van der Waals surface area contributed by atoms with Crippen molar-refractivity contribution >= 4 is 17.2 Å². The summed E-state index contributed by atoms with van der Waals surface area (Å²) in [5, 5.41) is 9.93. The normalized spacial score (nSPS) is 11.0. The summed E-state index contributed by atoms with van der Waals surface area (Å²) >= 11 is 0. The maximum atomic E-state index is 12.8. The summed E-state index contributed by atoms with van der Waals surface area (Å²) in [6.07, 6.45) is 1.86. The largest absolute Gasteiger partial charge is 0.507 e. The zero-order chi connectivity index (χ0) is 15.9. The lowest BCUT2D eigenvalue weighted by atomic mass is 10.1. The van der Waals surface area contributed by atoms with Crippen LogP contribution in [0, 0.1) is 12.4 Å². The number of carbonyl (C=O) groups is 1. The lowest BCUT2D eigenvalue weighted by Gasteiger charge is -2.02. The van der Waals surface area contributed by atoms with Crippen molar-refractivity contribution in [1.82, 2.24) is 0 Å². The lowest BCUT2D eigenvalue weighted by molar-refractivity contribution is -0.114. The van der Waals surface area contributed by atoms with Crippen LogP contribution in [0.1, 0.15) is 17.5 Å². The second kappa shape index (κ2) is 7.19. The van der Waals surface area contributed by atoms with E-state index < -0.39 is 0 Å². The number of hydrogen-bond donors (Lipinski definition) is 1. The molecule has 0 spiro atoms. The fourth-order valence-electron chi connectivity index (χ4n) is 1.96. The molecule has 0 aromatic heterocycles. The number of aryl methyl sites for hydroxylation is 1. The molecule has 0 atom stereocenters. The van der Waals surface area contributed by atoms with Gasteiger partial charge in [-0.05, 0) is 30.2 Å². The molecular weight excluding hydrogens is 281 g/mol. The Kier molecular flexibility index (Phi) is 5.05. The summed E-state index contributed by atoms with van der Waals surface area (Å²) in [5.41, 5.74) is 1.69. The zero-order valence-corrected chi connectivity index (χ0v) is 11.8. The summed E-state index contributed by atoms with van der Waals surface area (Å²) in [6, 6.07) is 12.4. The van der Waals surface area contributed by atoms with Crippen molar-refractivity contribution in [3.63, 3.8) is 0 Å². The van der Waals surface area contributed by atoms with Crippen molar-refractivity contribution in [2.24, 2.45) is 0 Å². The molecule has 3 nitrogen and oxygen atoms in total. The molecule has 4 heteroatoms. The van der Waals surface area contributed by atoms with E-state index in [1.807, 2.05) is 0 Å². The first-order chi connectivity index (χ1) is 10.6. The number of aliphatic hydroxyl groups is 1. The summed E-state index contributed by atoms with van der Waals surface area (Å²) in [4.78, 5) is 15.1. The van der Waals surface area contributed by atoms with E-state index in [0.717, 1.165) is 11.6 Å². The number of halogens is 1. The molecule has 2 rings (SSSR count). The first-order valence-corrected chi connectivity index (χ1v) is 6.74. The number of benzene rings is 2. The van der Waals surface area contributed by atoms with E-state index in [1.165, 1.54) is 18.2 Å². The van der Waals surface area contributed by atoms with Crippen molar-refractivity contribution < 1.29 is 14.3 Å². The van der Waals surface area contributed by atoms with Crippen LogP contribution >= 0.6 is 0 Å². The molecule has 0 radical (unpaired) electrons. The molecule has 0 aliphatic heterocycles. The molecule has 0 aliphatic carbocycles. The lowest BCUT2D eigenvalue weighted by Crippen LogP contribution is -1.98. The highest BCUT2D eigenvalue weighted by Crippen LogP contribution is 2.19. The van der Waals surface area contributed by atoms with Crippen molar-refractivity contribution in [3.05, 3.63) is 83.0 Å². The summed E-state index contributed by atoms with van der Waals surface area (Å²) in [6.45, 7) is 6.93. The van der Waals surface area contributed by atoms with E-state index >= 15 is 0 Å². The van der Waals surface area contributed by atoms with Gasteiger partial charge in [-0.1, -0.05) is 30.3 Å². The highest BCUT2D eigenvalue weighted by molar-refractivity contribution is 5.95. The molecule has 0 aliphatic rings. The molecule has 2 aromatic rings. The first-order valence-electron chi connectivity index (χ1n) is 6.74. The summed E-state index contributed by atoms with van der Waals surface area (Å²) in [5.74, 6) is -0.697. The second-order valence-electron chi connectivity index (χ2n) is 4.78. The van der Waals surface area contributed by atoms with Gasteiger partial charge in [0.25, 0.3) is 0 Å². The van der Waals surface area contributed by atoms with Crippen molar-refractivity contribution in [1.29, 1.82) is 0 Å². The number of rotatable bonds is 5. The Balaban J connectivity index is 2.00. The van der Waals surface area contributed by atoms with Gasteiger partial charge in [0.05, 0.1) is 6.57 Å². The van der Waals surface area contributed by atoms with Crippen LogP contribution < -0.4 is 0 Å². The van der Waals surface area contributed by atoms with E-state index in [1.54, 1.807) is 30.3 Å². The van der Waals surface area contributed by atoms with Gasteiger partial charge < -0.3 is 5.11 Å². The molecule has 0 saturated carbocycles. The Labute approximate surface area is 128 Å². The molecule has 0 bridgehead atoms. The fourth-order valence-corrected chi connectivity index (χ4v) is 1.96. The van der Waals surface area contributed by atoms with Crippen molar-refractivity contribution in [2.75, 3.05) is 0 Å². The van der Waals surface area contributed by atoms with Gasteiger partial charge in [-0.15, -0.1) is 0 Å². The van der Waals surface area contributed by atoms with Crippen LogP contribution in [0.5, 0.6) is 0 Å². The number of carbonyl (C=O) groups excluding carboxylic acids is 1.